The maximum atomic E-state index is 7.75. The molecular formula is C66H135N4OP11Ru4+12. The Labute approximate surface area is 595 Å². The molecule has 4 N–H and O–H groups in total. The van der Waals surface area contributed by atoms with Crippen LogP contribution in [0, 0.1) is 0 Å². The van der Waals surface area contributed by atoms with Gasteiger partial charge in [-0.05, 0) is 96.1 Å². The van der Waals surface area contributed by atoms with E-state index in [-0.39, 0.29) is 149 Å². The van der Waals surface area contributed by atoms with Gasteiger partial charge in [0.15, 0.2) is 0 Å². The van der Waals surface area contributed by atoms with Crippen molar-refractivity contribution in [3.8, 4) is 0 Å². The predicted molar refractivity (Wildman–Crippen MR) is 434 cm³/mol. The first kappa shape index (κ1) is 91.7. The van der Waals surface area contributed by atoms with Gasteiger partial charge in [-0.25, -0.2) is 0 Å². The van der Waals surface area contributed by atoms with Gasteiger partial charge in [0.1, 0.15) is 0 Å². The van der Waals surface area contributed by atoms with E-state index < -0.39 is 15.8 Å². The van der Waals surface area contributed by atoms with E-state index >= 15 is 0 Å². The maximum Gasteiger partial charge on any atom is 0.0967 e. The molecule has 3 fully saturated rings. The Kier molecular flexibility index (Phi) is 66.3. The molecule has 20 heteroatoms. The third kappa shape index (κ3) is 47.5. The molecule has 7 rings (SSSR count). The first-order valence-electron chi connectivity index (χ1n) is 32.3. The van der Waals surface area contributed by atoms with Crippen molar-refractivity contribution in [2.24, 2.45) is 0 Å². The molecule has 4 aromatic carbocycles. The van der Waals surface area contributed by atoms with Crippen LogP contribution in [0.5, 0.6) is 0 Å². The largest absolute Gasteiger partial charge is 0.310 e. The summed E-state index contributed by atoms with van der Waals surface area (Å²) in [5.41, 5.74) is 0. The van der Waals surface area contributed by atoms with Crippen molar-refractivity contribution in [1.82, 2.24) is 21.3 Å². The molecule has 6 atom stereocenters. The molecule has 6 unspecified atom stereocenters. The van der Waals surface area contributed by atoms with Crippen LogP contribution in [-0.2, 0) is 82.7 Å². The van der Waals surface area contributed by atoms with Gasteiger partial charge < -0.3 is 26.1 Å². The van der Waals surface area contributed by atoms with Crippen LogP contribution in [0.4, 0.5) is 0 Å². The molecule has 500 valence electrons. The fraction of sp³-hybridized carbons (Fsp3) is 0.621. The standard InChI is InChI=1S/C28H29NP2.2C13H30NP3.C11H26NP3.CHO.4Ru.8H/c1-5-13-25(14-6-1)30(26-15-7-2-8-16-26)23-21-29-22-24-31(27-17-9-3-10-18-27)28-19-11-4-12-20-28;2*1-15-8-4-10-16(2)12-6-14-7-13-17(3)11-5-9-15;1-13-6-4-12-5-7-14(2)9-11-15(3)10-8-13;1-2;;;;;;;;;;;;/h1-20,29H,21-24H2;2*14H,4-13H2,1-3H3;12H,4-11H2,1-3H3;1H;;;;;;;;;;;;/q;;;;-1;;;;+2;;;;;;;;/p+11. The van der Waals surface area contributed by atoms with Crippen LogP contribution in [0.15, 0.2) is 121 Å². The Bertz CT molecular complexity index is 1810. The minimum Gasteiger partial charge on any atom is -0.310 e. The van der Waals surface area contributed by atoms with E-state index in [4.69, 9.17) is 4.79 Å². The zero-order chi connectivity index (χ0) is 59.3. The fourth-order valence-electron chi connectivity index (χ4n) is 11.0. The summed E-state index contributed by atoms with van der Waals surface area (Å²) < 4.78 is 0. The Hall–Kier alpha value is 3.61. The Morgan fingerprint density at radius 1 is 0.314 bits per heavy atom. The molecule has 86 heavy (non-hydrogen) atoms. The number of carbonyl (C=O) groups excluding carboxylic acids is 1. The van der Waals surface area contributed by atoms with E-state index in [0.717, 1.165) is 13.1 Å². The molecule has 0 aliphatic carbocycles. The van der Waals surface area contributed by atoms with Crippen molar-refractivity contribution >= 4 is 115 Å². The molecule has 0 bridgehead atoms. The normalized spacial score (nSPS) is 24.3. The Balaban J connectivity index is 0. The fourth-order valence-corrected chi connectivity index (χ4v) is 36.4. The van der Waals surface area contributed by atoms with E-state index in [1.807, 2.05) is 0 Å². The number of benzene rings is 4. The average molecular weight is 1750 g/mol. The first-order chi connectivity index (χ1) is 40.0. The Morgan fingerprint density at radius 2 is 0.488 bits per heavy atom. The third-order valence-corrected chi connectivity index (χ3v) is 44.1. The van der Waals surface area contributed by atoms with Crippen LogP contribution in [0.2, 0.25) is 0 Å². The number of hydrogen-bond donors (Lipinski definition) is 4. The van der Waals surface area contributed by atoms with Crippen molar-refractivity contribution in [3.05, 3.63) is 121 Å². The maximum absolute atomic E-state index is 7.75. The summed E-state index contributed by atoms with van der Waals surface area (Å²) in [7, 11) is -1.45. The topological polar surface area (TPSA) is 65.2 Å². The molecule has 3 heterocycles. The molecule has 3 saturated heterocycles. The third-order valence-electron chi connectivity index (χ3n) is 16.7. The SMILES string of the molecule is C[PH+]1CCC[PH+](C)CCNCC[PH+](C)CCC1.C[PH+]1CCC[PH+](C)CCNCC[PH+](C)CCC1.C[PH+]1CCNCC[PH+](C)CC[PH+](C)CC1.[CH-]=O.[RuH2+2].[RuH2].[RuH2].[RuH2].c1ccc([PH+](CCNCC[PH+](c2ccccc2)c2ccccc2)c2ccccc2)cc1. The number of hydrogen-bond acceptors (Lipinski definition) is 5. The second kappa shape index (κ2) is 62.2. The summed E-state index contributed by atoms with van der Waals surface area (Å²) in [6.07, 6.45) is 36.5. The molecule has 0 spiro atoms. The molecule has 0 radical (unpaired) electrons. The molecule has 3 aliphatic heterocycles. The van der Waals surface area contributed by atoms with E-state index in [1.165, 1.54) is 110 Å². The summed E-state index contributed by atoms with van der Waals surface area (Å²) in [5.74, 6) is 0. The van der Waals surface area contributed by atoms with Crippen molar-refractivity contribution < 1.29 is 82.7 Å². The second-order valence-electron chi connectivity index (χ2n) is 24.4. The van der Waals surface area contributed by atoms with Crippen LogP contribution in [0.1, 0.15) is 25.7 Å². The predicted octanol–water partition coefficient (Wildman–Crippen LogP) is 9.81. The van der Waals surface area contributed by atoms with Crippen LogP contribution in [0.3, 0.4) is 0 Å². The molecule has 0 amide bonds. The quantitative estimate of drug-likeness (QED) is 0.0419. The van der Waals surface area contributed by atoms with Gasteiger partial charge in [-0.2, -0.15) is 0 Å². The monoisotopic (exact) mass is 1750 g/mol. The van der Waals surface area contributed by atoms with Crippen molar-refractivity contribution in [2.75, 3.05) is 236 Å². The molecule has 0 saturated carbocycles. The van der Waals surface area contributed by atoms with Gasteiger partial charge in [-0.1, -0.05) is 72.8 Å². The number of rotatable bonds is 10. The average Bonchev–Trinajstić information content (AvgIpc) is 3.60. The minimum absolute atomic E-state index is 0. The minimum atomic E-state index is -0.758. The molecule has 4 aromatic rings. The van der Waals surface area contributed by atoms with Gasteiger partial charge in [0, 0.05) is 162 Å². The molecule has 5 nitrogen and oxygen atoms in total. The van der Waals surface area contributed by atoms with Gasteiger partial charge in [0.2, 0.25) is 0 Å². The van der Waals surface area contributed by atoms with Gasteiger partial charge in [-0.3, -0.25) is 6.79 Å². The van der Waals surface area contributed by atoms with Crippen LogP contribution >= 0.6 is 87.1 Å². The summed E-state index contributed by atoms with van der Waals surface area (Å²) >= 11 is 0. The van der Waals surface area contributed by atoms with Crippen molar-refractivity contribution in [1.29, 1.82) is 0 Å². The van der Waals surface area contributed by atoms with E-state index in [0.29, 0.717) is 0 Å². The van der Waals surface area contributed by atoms with E-state index in [9.17, 15) is 0 Å². The van der Waals surface area contributed by atoms with Gasteiger partial charge in [-0.15, -0.1) is 0 Å². The molecular weight excluding hydrogens is 1610 g/mol. The zero-order valence-corrected chi connectivity index (χ0v) is 74.3. The van der Waals surface area contributed by atoms with Crippen LogP contribution < -0.4 is 42.5 Å². The summed E-state index contributed by atoms with van der Waals surface area (Å²) in [5, 5.41) is 20.7. The Morgan fingerprint density at radius 3 is 0.698 bits per heavy atom. The molecule has 0 aromatic heterocycles. The van der Waals surface area contributed by atoms with Crippen LogP contribution in [0.25, 0.3) is 0 Å². The molecule has 3 aliphatic rings. The smallest absolute Gasteiger partial charge is 0.0967 e. The van der Waals surface area contributed by atoms with Gasteiger partial charge >= 0.3 is 77.9 Å². The van der Waals surface area contributed by atoms with E-state index in [2.05, 4.69) is 209 Å². The summed E-state index contributed by atoms with van der Waals surface area (Å²) in [4.78, 5) is 7.75. The van der Waals surface area contributed by atoms with Crippen molar-refractivity contribution in [3.63, 3.8) is 0 Å². The van der Waals surface area contributed by atoms with Crippen LogP contribution in [-0.4, -0.2) is 242 Å². The van der Waals surface area contributed by atoms with Crippen molar-refractivity contribution in [2.45, 2.75) is 25.7 Å². The van der Waals surface area contributed by atoms with Gasteiger partial charge in [0.05, 0.1) is 160 Å². The first-order valence-corrected chi connectivity index (χ1v) is 57.4. The summed E-state index contributed by atoms with van der Waals surface area (Å²) in [6, 6.07) is 44.2. The second-order valence-corrected chi connectivity index (χ2v) is 55.9. The number of nitrogens with one attached hydrogen (secondary N) is 4. The van der Waals surface area contributed by atoms with Gasteiger partial charge in [0.25, 0.3) is 0 Å². The summed E-state index contributed by atoms with van der Waals surface area (Å²) in [6.45, 7) is 36.1. The zero-order valence-electron chi connectivity index (χ0n) is 55.3. The van der Waals surface area contributed by atoms with E-state index in [1.54, 1.807) is 99.6 Å².